The molecule has 1 fully saturated rings. The molecular weight excluding hydrogens is 356 g/mol. The number of nitrogens with one attached hydrogen (secondary N) is 1. The molecule has 5 nitrogen and oxygen atoms in total. The van der Waals surface area contributed by atoms with Gasteiger partial charge in [-0.1, -0.05) is 19.3 Å². The van der Waals surface area contributed by atoms with Crippen LogP contribution in [0.4, 0.5) is 5.69 Å². The number of rotatable bonds is 5. The van der Waals surface area contributed by atoms with Gasteiger partial charge in [-0.15, -0.1) is 0 Å². The van der Waals surface area contributed by atoms with Gasteiger partial charge in [0.1, 0.15) is 0 Å². The molecule has 0 unspecified atom stereocenters. The van der Waals surface area contributed by atoms with Gasteiger partial charge in [0.15, 0.2) is 0 Å². The van der Waals surface area contributed by atoms with E-state index in [0.717, 1.165) is 25.7 Å². The van der Waals surface area contributed by atoms with Crippen molar-refractivity contribution < 1.29 is 13.2 Å². The quantitative estimate of drug-likeness (QED) is 0.856. The number of carbonyl (C=O) groups excluding carboxylic acids is 1. The number of nitrogens with zero attached hydrogens (tertiary/aromatic N) is 1. The molecule has 2 aromatic rings. The highest BCUT2D eigenvalue weighted by Gasteiger charge is 2.28. The number of sulfonamides is 1. The maximum Gasteiger partial charge on any atom is 0.256 e. The lowest BCUT2D eigenvalue weighted by Crippen LogP contribution is -2.38. The predicted molar refractivity (Wildman–Crippen MR) is 101 cm³/mol. The number of thiophene rings is 1. The third-order valence-corrected chi connectivity index (χ3v) is 7.27. The molecule has 1 amide bonds. The van der Waals surface area contributed by atoms with Gasteiger partial charge in [-0.2, -0.15) is 15.6 Å². The van der Waals surface area contributed by atoms with Gasteiger partial charge in [0.2, 0.25) is 10.0 Å². The molecule has 134 valence electrons. The monoisotopic (exact) mass is 378 g/mol. The van der Waals surface area contributed by atoms with Gasteiger partial charge in [-0.25, -0.2) is 8.42 Å². The zero-order chi connectivity index (χ0) is 17.9. The fraction of sp³-hybridized carbons (Fsp3) is 0.389. The van der Waals surface area contributed by atoms with Gasteiger partial charge < -0.3 is 5.32 Å². The van der Waals surface area contributed by atoms with Gasteiger partial charge in [0, 0.05) is 24.2 Å². The Balaban J connectivity index is 1.71. The number of hydrogen-bond acceptors (Lipinski definition) is 4. The molecule has 25 heavy (non-hydrogen) atoms. The molecule has 0 saturated heterocycles. The average Bonchev–Trinajstić information content (AvgIpc) is 3.17. The lowest BCUT2D eigenvalue weighted by molar-refractivity contribution is 0.102. The topological polar surface area (TPSA) is 66.5 Å². The van der Waals surface area contributed by atoms with Crippen LogP contribution in [0.15, 0.2) is 46.0 Å². The number of amides is 1. The van der Waals surface area contributed by atoms with Crippen molar-refractivity contribution in [2.75, 3.05) is 12.4 Å². The molecule has 1 saturated carbocycles. The minimum atomic E-state index is -3.50. The van der Waals surface area contributed by atoms with Crippen LogP contribution in [0.25, 0.3) is 0 Å². The SMILES string of the molecule is CN(C1CCCCC1)S(=O)(=O)c1ccc(NC(=O)c2ccsc2)cc1. The van der Waals surface area contributed by atoms with E-state index in [-0.39, 0.29) is 16.8 Å². The van der Waals surface area contributed by atoms with E-state index < -0.39 is 10.0 Å². The zero-order valence-electron chi connectivity index (χ0n) is 14.1. The van der Waals surface area contributed by atoms with E-state index in [1.165, 1.54) is 22.1 Å². The molecule has 0 bridgehead atoms. The number of hydrogen-bond donors (Lipinski definition) is 1. The van der Waals surface area contributed by atoms with E-state index in [4.69, 9.17) is 0 Å². The van der Waals surface area contributed by atoms with Gasteiger partial charge >= 0.3 is 0 Å². The van der Waals surface area contributed by atoms with E-state index in [1.807, 2.05) is 5.38 Å². The highest BCUT2D eigenvalue weighted by Crippen LogP contribution is 2.27. The first-order chi connectivity index (χ1) is 12.0. The Labute approximate surface area is 152 Å². The van der Waals surface area contributed by atoms with Crippen LogP contribution >= 0.6 is 11.3 Å². The summed E-state index contributed by atoms with van der Waals surface area (Å²) in [6.07, 6.45) is 5.19. The minimum absolute atomic E-state index is 0.0803. The van der Waals surface area contributed by atoms with Crippen LogP contribution in [-0.2, 0) is 10.0 Å². The van der Waals surface area contributed by atoms with Crippen LogP contribution < -0.4 is 5.32 Å². The third-order valence-electron chi connectivity index (χ3n) is 4.66. The molecule has 7 heteroatoms. The molecule has 0 aliphatic heterocycles. The Hall–Kier alpha value is -1.70. The second kappa shape index (κ2) is 7.68. The Morgan fingerprint density at radius 3 is 2.40 bits per heavy atom. The molecule has 1 aliphatic rings. The number of anilines is 1. The molecule has 3 rings (SSSR count). The highest BCUT2D eigenvalue weighted by atomic mass is 32.2. The zero-order valence-corrected chi connectivity index (χ0v) is 15.8. The fourth-order valence-corrected chi connectivity index (χ4v) is 5.17. The largest absolute Gasteiger partial charge is 0.322 e. The lowest BCUT2D eigenvalue weighted by Gasteiger charge is -2.30. The second-order valence-corrected chi connectivity index (χ2v) is 9.08. The number of carbonyl (C=O) groups is 1. The second-order valence-electron chi connectivity index (χ2n) is 6.30. The van der Waals surface area contributed by atoms with Crippen molar-refractivity contribution in [1.29, 1.82) is 0 Å². The molecule has 0 atom stereocenters. The first-order valence-electron chi connectivity index (χ1n) is 8.40. The van der Waals surface area contributed by atoms with Gasteiger partial charge in [-0.3, -0.25) is 4.79 Å². The van der Waals surface area contributed by atoms with E-state index >= 15 is 0 Å². The van der Waals surface area contributed by atoms with Crippen LogP contribution in [0.3, 0.4) is 0 Å². The van der Waals surface area contributed by atoms with Crippen molar-refractivity contribution in [2.45, 2.75) is 43.0 Å². The maximum atomic E-state index is 12.8. The highest BCUT2D eigenvalue weighted by molar-refractivity contribution is 7.89. The minimum Gasteiger partial charge on any atom is -0.322 e. The molecular formula is C18H22N2O3S2. The van der Waals surface area contributed by atoms with Gasteiger partial charge in [-0.05, 0) is 48.6 Å². The summed E-state index contributed by atoms with van der Waals surface area (Å²) in [4.78, 5) is 12.3. The van der Waals surface area contributed by atoms with Crippen molar-refractivity contribution >= 4 is 33.0 Å². The van der Waals surface area contributed by atoms with Crippen molar-refractivity contribution in [2.24, 2.45) is 0 Å². The van der Waals surface area contributed by atoms with E-state index in [0.29, 0.717) is 11.3 Å². The molecule has 1 N–H and O–H groups in total. The Kier molecular flexibility index (Phi) is 5.56. The van der Waals surface area contributed by atoms with Crippen LogP contribution in [0, 0.1) is 0 Å². The summed E-state index contributed by atoms with van der Waals surface area (Å²) in [6, 6.07) is 8.20. The van der Waals surface area contributed by atoms with Crippen LogP contribution in [0.5, 0.6) is 0 Å². The molecule has 1 heterocycles. The smallest absolute Gasteiger partial charge is 0.256 e. The molecule has 0 radical (unpaired) electrons. The van der Waals surface area contributed by atoms with Crippen molar-refractivity contribution in [3.8, 4) is 0 Å². The Bertz CT molecular complexity index is 809. The summed E-state index contributed by atoms with van der Waals surface area (Å²) < 4.78 is 27.1. The van der Waals surface area contributed by atoms with Crippen molar-refractivity contribution in [3.63, 3.8) is 0 Å². The Morgan fingerprint density at radius 2 is 1.80 bits per heavy atom. The van der Waals surface area contributed by atoms with E-state index in [9.17, 15) is 13.2 Å². The summed E-state index contributed by atoms with van der Waals surface area (Å²) in [5.41, 5.74) is 1.18. The van der Waals surface area contributed by atoms with Crippen molar-refractivity contribution in [1.82, 2.24) is 4.31 Å². The molecule has 0 spiro atoms. The van der Waals surface area contributed by atoms with Crippen LogP contribution in [-0.4, -0.2) is 31.7 Å². The van der Waals surface area contributed by atoms with Crippen LogP contribution in [0.1, 0.15) is 42.5 Å². The normalized spacial score (nSPS) is 16.1. The van der Waals surface area contributed by atoms with Crippen LogP contribution in [0.2, 0.25) is 0 Å². The molecule has 1 aromatic carbocycles. The van der Waals surface area contributed by atoms with Gasteiger partial charge in [0.25, 0.3) is 5.91 Å². The van der Waals surface area contributed by atoms with E-state index in [2.05, 4.69) is 5.32 Å². The lowest BCUT2D eigenvalue weighted by atomic mass is 9.96. The predicted octanol–water partition coefficient (Wildman–Crippen LogP) is 3.95. The molecule has 1 aliphatic carbocycles. The Morgan fingerprint density at radius 1 is 1.12 bits per heavy atom. The number of benzene rings is 1. The summed E-state index contributed by atoms with van der Waals surface area (Å²) in [5.74, 6) is -0.198. The summed E-state index contributed by atoms with van der Waals surface area (Å²) in [5, 5.41) is 6.38. The first-order valence-corrected chi connectivity index (χ1v) is 10.8. The third kappa shape index (κ3) is 4.11. The summed E-state index contributed by atoms with van der Waals surface area (Å²) >= 11 is 1.46. The first kappa shape index (κ1) is 18.1. The summed E-state index contributed by atoms with van der Waals surface area (Å²) in [7, 11) is -1.84. The summed E-state index contributed by atoms with van der Waals surface area (Å²) in [6.45, 7) is 0. The standard InChI is InChI=1S/C18H22N2O3S2/c1-20(16-5-3-2-4-6-16)25(22,23)17-9-7-15(8-10-17)19-18(21)14-11-12-24-13-14/h7-13,16H,2-6H2,1H3,(H,19,21). The maximum absolute atomic E-state index is 12.8. The molecule has 1 aromatic heterocycles. The average molecular weight is 379 g/mol. The van der Waals surface area contributed by atoms with E-state index in [1.54, 1.807) is 42.8 Å². The van der Waals surface area contributed by atoms with Gasteiger partial charge in [0.05, 0.1) is 10.5 Å². The fourth-order valence-electron chi connectivity index (χ4n) is 3.11. The van der Waals surface area contributed by atoms with Crippen molar-refractivity contribution in [3.05, 3.63) is 46.7 Å².